The SMILES string of the molecule is Nc1cccc(NC(=O)Nc2cccc(Cl)c2Br)c1. The van der Waals surface area contributed by atoms with Gasteiger partial charge < -0.3 is 16.4 Å². The van der Waals surface area contributed by atoms with Crippen LogP contribution in [0.3, 0.4) is 0 Å². The van der Waals surface area contributed by atoms with Crippen LogP contribution in [0.5, 0.6) is 0 Å². The van der Waals surface area contributed by atoms with Crippen LogP contribution in [0.4, 0.5) is 21.9 Å². The molecule has 0 aliphatic carbocycles. The van der Waals surface area contributed by atoms with Crippen molar-refractivity contribution in [3.05, 3.63) is 52.0 Å². The van der Waals surface area contributed by atoms with Gasteiger partial charge in [-0.2, -0.15) is 0 Å². The molecule has 0 spiro atoms. The van der Waals surface area contributed by atoms with Gasteiger partial charge in [0.15, 0.2) is 0 Å². The van der Waals surface area contributed by atoms with Crippen molar-refractivity contribution in [1.29, 1.82) is 0 Å². The van der Waals surface area contributed by atoms with Crippen molar-refractivity contribution in [2.45, 2.75) is 0 Å². The van der Waals surface area contributed by atoms with Crippen LogP contribution in [0.1, 0.15) is 0 Å². The Morgan fingerprint density at radius 3 is 2.63 bits per heavy atom. The lowest BCUT2D eigenvalue weighted by Crippen LogP contribution is -2.19. The maximum atomic E-state index is 11.8. The zero-order chi connectivity index (χ0) is 13.8. The third-order valence-electron chi connectivity index (χ3n) is 2.34. The summed E-state index contributed by atoms with van der Waals surface area (Å²) in [5, 5.41) is 5.91. The average molecular weight is 341 g/mol. The van der Waals surface area contributed by atoms with Crippen molar-refractivity contribution in [3.63, 3.8) is 0 Å². The lowest BCUT2D eigenvalue weighted by atomic mass is 10.3. The fraction of sp³-hybridized carbons (Fsp3) is 0. The van der Waals surface area contributed by atoms with Crippen LogP contribution in [0.25, 0.3) is 0 Å². The molecule has 0 radical (unpaired) electrons. The number of halogens is 2. The van der Waals surface area contributed by atoms with Crippen LogP contribution in [0.15, 0.2) is 46.9 Å². The van der Waals surface area contributed by atoms with Gasteiger partial charge in [0.25, 0.3) is 0 Å². The van der Waals surface area contributed by atoms with E-state index in [1.807, 2.05) is 0 Å². The van der Waals surface area contributed by atoms with Gasteiger partial charge in [-0.05, 0) is 46.3 Å². The lowest BCUT2D eigenvalue weighted by molar-refractivity contribution is 0.262. The van der Waals surface area contributed by atoms with E-state index in [-0.39, 0.29) is 6.03 Å². The Morgan fingerprint density at radius 2 is 1.89 bits per heavy atom. The topological polar surface area (TPSA) is 67.1 Å². The van der Waals surface area contributed by atoms with Crippen LogP contribution in [0, 0.1) is 0 Å². The second-order valence-electron chi connectivity index (χ2n) is 3.81. The number of rotatable bonds is 2. The normalized spacial score (nSPS) is 10.0. The van der Waals surface area contributed by atoms with Crippen molar-refractivity contribution in [2.24, 2.45) is 0 Å². The molecule has 0 fully saturated rings. The Morgan fingerprint density at radius 1 is 1.16 bits per heavy atom. The minimum atomic E-state index is -0.367. The van der Waals surface area contributed by atoms with Gasteiger partial charge in [0, 0.05) is 11.4 Å². The van der Waals surface area contributed by atoms with E-state index in [9.17, 15) is 4.79 Å². The summed E-state index contributed by atoms with van der Waals surface area (Å²) >= 11 is 9.25. The molecule has 0 saturated heterocycles. The third-order valence-corrected chi connectivity index (χ3v) is 3.74. The van der Waals surface area contributed by atoms with Gasteiger partial charge in [-0.15, -0.1) is 0 Å². The highest BCUT2D eigenvalue weighted by atomic mass is 79.9. The minimum absolute atomic E-state index is 0.367. The molecule has 4 N–H and O–H groups in total. The Kier molecular flexibility index (Phi) is 4.29. The van der Waals surface area contributed by atoms with E-state index < -0.39 is 0 Å². The number of hydrogen-bond donors (Lipinski definition) is 3. The minimum Gasteiger partial charge on any atom is -0.399 e. The molecular formula is C13H11BrClN3O. The molecule has 19 heavy (non-hydrogen) atoms. The number of urea groups is 1. The standard InChI is InChI=1S/C13H11BrClN3O/c14-12-10(15)5-2-6-11(12)18-13(19)17-9-4-1-3-8(16)7-9/h1-7H,16H2,(H2,17,18,19). The highest BCUT2D eigenvalue weighted by Crippen LogP contribution is 2.30. The van der Waals surface area contributed by atoms with Crippen molar-refractivity contribution >= 4 is 50.6 Å². The predicted molar refractivity (Wildman–Crippen MR) is 82.6 cm³/mol. The summed E-state index contributed by atoms with van der Waals surface area (Å²) in [4.78, 5) is 11.8. The van der Waals surface area contributed by atoms with E-state index >= 15 is 0 Å². The summed E-state index contributed by atoms with van der Waals surface area (Å²) in [6.07, 6.45) is 0. The highest BCUT2D eigenvalue weighted by Gasteiger charge is 2.07. The van der Waals surface area contributed by atoms with E-state index in [2.05, 4.69) is 26.6 Å². The van der Waals surface area contributed by atoms with Gasteiger partial charge in [-0.3, -0.25) is 0 Å². The molecule has 0 aliphatic rings. The van der Waals surface area contributed by atoms with Gasteiger partial charge in [0.1, 0.15) is 0 Å². The smallest absolute Gasteiger partial charge is 0.323 e. The summed E-state index contributed by atoms with van der Waals surface area (Å²) in [6, 6.07) is 11.8. The van der Waals surface area contributed by atoms with Crippen molar-refractivity contribution in [3.8, 4) is 0 Å². The summed E-state index contributed by atoms with van der Waals surface area (Å²) in [6.45, 7) is 0. The molecule has 2 amide bonds. The molecule has 98 valence electrons. The largest absolute Gasteiger partial charge is 0.399 e. The number of anilines is 3. The van der Waals surface area contributed by atoms with Crippen molar-refractivity contribution in [2.75, 3.05) is 16.4 Å². The van der Waals surface area contributed by atoms with Crippen molar-refractivity contribution in [1.82, 2.24) is 0 Å². The highest BCUT2D eigenvalue weighted by molar-refractivity contribution is 9.10. The number of benzene rings is 2. The molecule has 2 aromatic rings. The second kappa shape index (κ2) is 5.95. The second-order valence-corrected chi connectivity index (χ2v) is 5.01. The Hall–Kier alpha value is -1.72. The fourth-order valence-corrected chi connectivity index (χ4v) is 2.04. The Bertz CT molecular complexity index is 619. The van der Waals surface area contributed by atoms with Crippen molar-refractivity contribution < 1.29 is 4.79 Å². The number of nitrogens with one attached hydrogen (secondary N) is 2. The zero-order valence-electron chi connectivity index (χ0n) is 9.78. The molecule has 6 heteroatoms. The molecule has 0 bridgehead atoms. The molecule has 0 heterocycles. The third kappa shape index (κ3) is 3.62. The number of carbonyl (C=O) groups is 1. The maximum absolute atomic E-state index is 11.8. The number of hydrogen-bond acceptors (Lipinski definition) is 2. The van der Waals surface area contributed by atoms with E-state index in [1.165, 1.54) is 0 Å². The summed E-state index contributed by atoms with van der Waals surface area (Å²) in [5.74, 6) is 0. The first-order chi connectivity index (χ1) is 9.06. The van der Waals surface area contributed by atoms with Crippen LogP contribution in [-0.2, 0) is 0 Å². The summed E-state index contributed by atoms with van der Waals surface area (Å²) in [5.41, 5.74) is 7.43. The average Bonchev–Trinajstić information content (AvgIpc) is 2.35. The summed E-state index contributed by atoms with van der Waals surface area (Å²) < 4.78 is 0.638. The molecule has 0 saturated carbocycles. The molecule has 4 nitrogen and oxygen atoms in total. The Labute approximate surface area is 124 Å². The van der Waals surface area contributed by atoms with E-state index in [0.717, 1.165) is 0 Å². The van der Waals surface area contributed by atoms with E-state index in [1.54, 1.807) is 42.5 Å². The zero-order valence-corrected chi connectivity index (χ0v) is 12.1. The molecule has 0 unspecified atom stereocenters. The molecule has 2 rings (SSSR count). The number of nitrogens with two attached hydrogens (primary N) is 1. The number of nitrogen functional groups attached to an aromatic ring is 1. The molecule has 0 aliphatic heterocycles. The number of amides is 2. The first-order valence-corrected chi connectivity index (χ1v) is 6.61. The van der Waals surface area contributed by atoms with E-state index in [0.29, 0.717) is 26.6 Å². The first-order valence-electron chi connectivity index (χ1n) is 5.44. The van der Waals surface area contributed by atoms with Gasteiger partial charge >= 0.3 is 6.03 Å². The fourth-order valence-electron chi connectivity index (χ4n) is 1.50. The van der Waals surface area contributed by atoms with Gasteiger partial charge in [0.2, 0.25) is 0 Å². The lowest BCUT2D eigenvalue weighted by Gasteiger charge is -2.10. The van der Waals surface area contributed by atoms with Gasteiger partial charge in [-0.1, -0.05) is 23.7 Å². The monoisotopic (exact) mass is 339 g/mol. The first kappa shape index (κ1) is 13.7. The predicted octanol–water partition coefficient (Wildman–Crippen LogP) is 4.33. The van der Waals surface area contributed by atoms with Crippen LogP contribution >= 0.6 is 27.5 Å². The van der Waals surface area contributed by atoms with E-state index in [4.69, 9.17) is 17.3 Å². The van der Waals surface area contributed by atoms with Gasteiger partial charge in [0.05, 0.1) is 15.2 Å². The summed E-state index contributed by atoms with van der Waals surface area (Å²) in [7, 11) is 0. The molecule has 2 aromatic carbocycles. The number of carbonyl (C=O) groups excluding carboxylic acids is 1. The van der Waals surface area contributed by atoms with Crippen LogP contribution in [0.2, 0.25) is 5.02 Å². The van der Waals surface area contributed by atoms with Gasteiger partial charge in [-0.25, -0.2) is 4.79 Å². The molecular weight excluding hydrogens is 330 g/mol. The quantitative estimate of drug-likeness (QED) is 0.712. The Balaban J connectivity index is 2.08. The van der Waals surface area contributed by atoms with Crippen LogP contribution in [-0.4, -0.2) is 6.03 Å². The molecule has 0 aromatic heterocycles. The molecule has 0 atom stereocenters. The maximum Gasteiger partial charge on any atom is 0.323 e. The van der Waals surface area contributed by atoms with Crippen LogP contribution < -0.4 is 16.4 Å².